The molecule has 4 unspecified atom stereocenters. The minimum atomic E-state index is -0.556. The molecule has 2 aliphatic rings. The van der Waals surface area contributed by atoms with E-state index in [0.717, 1.165) is 18.5 Å². The van der Waals surface area contributed by atoms with E-state index in [9.17, 15) is 14.6 Å². The van der Waals surface area contributed by atoms with Crippen LogP contribution in [0.3, 0.4) is 0 Å². The minimum absolute atomic E-state index is 0.0297. The van der Waals surface area contributed by atoms with Crippen molar-refractivity contribution in [3.63, 3.8) is 0 Å². The molecule has 3 aromatic rings. The van der Waals surface area contributed by atoms with E-state index in [0.29, 0.717) is 30.3 Å². The average molecular weight is 434 g/mol. The zero-order chi connectivity index (χ0) is 22.1. The van der Waals surface area contributed by atoms with Gasteiger partial charge in [-0.05, 0) is 60.9 Å². The molecule has 4 atom stereocenters. The molecule has 0 amide bonds. The second-order valence-electron chi connectivity index (χ2n) is 9.02. The minimum Gasteiger partial charge on any atom is -0.396 e. The molecule has 0 radical (unpaired) electrons. The smallest absolute Gasteiger partial charge is 0.162 e. The van der Waals surface area contributed by atoms with Gasteiger partial charge in [-0.3, -0.25) is 0 Å². The van der Waals surface area contributed by atoms with Crippen LogP contribution < -0.4 is 5.32 Å². The van der Waals surface area contributed by atoms with Gasteiger partial charge in [0.05, 0.1) is 11.7 Å². The third-order valence-electron chi connectivity index (χ3n) is 7.04. The molecule has 3 N–H and O–H groups in total. The first-order valence-electron chi connectivity index (χ1n) is 11.3. The predicted molar refractivity (Wildman–Crippen MR) is 120 cm³/mol. The fourth-order valence-electron chi connectivity index (χ4n) is 5.44. The van der Waals surface area contributed by atoms with Crippen LogP contribution in [-0.2, 0) is 19.3 Å². The molecule has 0 saturated heterocycles. The lowest BCUT2D eigenvalue weighted by atomic mass is 9.88. The van der Waals surface area contributed by atoms with E-state index in [1.54, 1.807) is 24.4 Å². The summed E-state index contributed by atoms with van der Waals surface area (Å²) >= 11 is 0. The molecule has 32 heavy (non-hydrogen) atoms. The fourth-order valence-corrected chi connectivity index (χ4v) is 5.44. The van der Waals surface area contributed by atoms with E-state index in [2.05, 4.69) is 39.6 Å². The van der Waals surface area contributed by atoms with Gasteiger partial charge in [0, 0.05) is 36.5 Å². The quantitative estimate of drug-likeness (QED) is 0.557. The number of benzene rings is 2. The lowest BCUT2D eigenvalue weighted by Gasteiger charge is -2.27. The van der Waals surface area contributed by atoms with Gasteiger partial charge in [-0.25, -0.2) is 14.4 Å². The van der Waals surface area contributed by atoms with Crippen LogP contribution in [0.15, 0.2) is 60.8 Å². The molecule has 5 nitrogen and oxygen atoms in total. The van der Waals surface area contributed by atoms with Crippen LogP contribution >= 0.6 is 0 Å². The number of nitrogens with zero attached hydrogens (tertiary/aromatic N) is 2. The Morgan fingerprint density at radius 2 is 1.69 bits per heavy atom. The summed E-state index contributed by atoms with van der Waals surface area (Å²) in [5.41, 5.74) is 3.92. The fraction of sp³-hybridized carbons (Fsp3) is 0.385. The first-order chi connectivity index (χ1) is 15.6. The van der Waals surface area contributed by atoms with Crippen molar-refractivity contribution in [1.29, 1.82) is 0 Å². The summed E-state index contributed by atoms with van der Waals surface area (Å²) in [6, 6.07) is 17.2. The van der Waals surface area contributed by atoms with Crippen molar-refractivity contribution in [2.45, 2.75) is 43.9 Å². The summed E-state index contributed by atoms with van der Waals surface area (Å²) in [5, 5.41) is 24.4. The molecule has 0 aliphatic heterocycles. The number of fused-ring (bicyclic) bond motifs is 1. The van der Waals surface area contributed by atoms with Gasteiger partial charge in [-0.15, -0.1) is 0 Å². The molecular weight excluding hydrogens is 405 g/mol. The Kier molecular flexibility index (Phi) is 6.00. The summed E-state index contributed by atoms with van der Waals surface area (Å²) < 4.78 is 14.2. The molecule has 0 bridgehead atoms. The van der Waals surface area contributed by atoms with Gasteiger partial charge in [-0.1, -0.05) is 36.4 Å². The van der Waals surface area contributed by atoms with Gasteiger partial charge in [-0.2, -0.15) is 0 Å². The lowest BCUT2D eigenvalue weighted by molar-refractivity contribution is 0.0715. The second-order valence-corrected chi connectivity index (χ2v) is 9.02. The maximum absolute atomic E-state index is 14.2. The molecule has 1 aromatic heterocycles. The molecule has 1 heterocycles. The van der Waals surface area contributed by atoms with Crippen molar-refractivity contribution in [2.75, 3.05) is 6.61 Å². The third-order valence-corrected chi connectivity index (χ3v) is 7.04. The topological polar surface area (TPSA) is 78.3 Å². The number of nitrogens with one attached hydrogen (secondary N) is 1. The van der Waals surface area contributed by atoms with Crippen molar-refractivity contribution in [3.8, 4) is 11.4 Å². The van der Waals surface area contributed by atoms with Crippen molar-refractivity contribution >= 4 is 0 Å². The second kappa shape index (κ2) is 9.06. The summed E-state index contributed by atoms with van der Waals surface area (Å²) in [6.45, 7) is -0.0693. The largest absolute Gasteiger partial charge is 0.396 e. The number of hydrogen-bond acceptors (Lipinski definition) is 5. The number of aliphatic hydroxyl groups excluding tert-OH is 2. The van der Waals surface area contributed by atoms with Gasteiger partial charge in [0.25, 0.3) is 0 Å². The Balaban J connectivity index is 1.35. The monoisotopic (exact) mass is 433 g/mol. The van der Waals surface area contributed by atoms with Crippen molar-refractivity contribution in [1.82, 2.24) is 15.3 Å². The Labute approximate surface area is 187 Å². The summed E-state index contributed by atoms with van der Waals surface area (Å²) in [5.74, 6) is -0.185. The molecule has 166 valence electrons. The average Bonchev–Trinajstić information content (AvgIpc) is 3.34. The number of aromatic nitrogens is 2. The van der Waals surface area contributed by atoms with Crippen LogP contribution in [0.5, 0.6) is 0 Å². The highest BCUT2D eigenvalue weighted by Gasteiger charge is 2.43. The number of halogens is 1. The van der Waals surface area contributed by atoms with Crippen molar-refractivity contribution in [2.24, 2.45) is 11.8 Å². The van der Waals surface area contributed by atoms with Crippen LogP contribution in [0.4, 0.5) is 4.39 Å². The van der Waals surface area contributed by atoms with E-state index < -0.39 is 6.10 Å². The Morgan fingerprint density at radius 1 is 0.969 bits per heavy atom. The molecule has 6 heteroatoms. The zero-order valence-corrected chi connectivity index (χ0v) is 17.9. The highest BCUT2D eigenvalue weighted by atomic mass is 19.1. The van der Waals surface area contributed by atoms with Crippen LogP contribution in [-0.4, -0.2) is 45.0 Å². The molecule has 1 saturated carbocycles. The maximum atomic E-state index is 14.2. The van der Waals surface area contributed by atoms with E-state index in [1.807, 2.05) is 6.07 Å². The lowest BCUT2D eigenvalue weighted by Crippen LogP contribution is -2.43. The van der Waals surface area contributed by atoms with Crippen molar-refractivity contribution in [3.05, 3.63) is 83.4 Å². The number of aliphatic hydroxyl groups is 2. The third kappa shape index (κ3) is 4.18. The first kappa shape index (κ1) is 21.2. The molecule has 1 fully saturated rings. The van der Waals surface area contributed by atoms with Crippen LogP contribution in [0.2, 0.25) is 0 Å². The van der Waals surface area contributed by atoms with E-state index in [1.165, 1.54) is 17.2 Å². The van der Waals surface area contributed by atoms with Gasteiger partial charge >= 0.3 is 0 Å². The van der Waals surface area contributed by atoms with Crippen LogP contribution in [0, 0.1) is 17.7 Å². The van der Waals surface area contributed by atoms with Gasteiger partial charge in [0.1, 0.15) is 5.82 Å². The Bertz CT molecular complexity index is 1070. The Hall–Kier alpha value is -2.67. The number of rotatable bonds is 6. The van der Waals surface area contributed by atoms with Gasteiger partial charge in [0.15, 0.2) is 5.82 Å². The molecule has 2 aromatic carbocycles. The van der Waals surface area contributed by atoms with E-state index >= 15 is 0 Å². The predicted octanol–water partition coefficient (Wildman–Crippen LogP) is 2.94. The van der Waals surface area contributed by atoms with E-state index in [4.69, 9.17) is 0 Å². The number of hydrogen-bond donors (Lipinski definition) is 3. The van der Waals surface area contributed by atoms with E-state index in [-0.39, 0.29) is 30.3 Å². The summed E-state index contributed by atoms with van der Waals surface area (Å²) in [7, 11) is 0. The van der Waals surface area contributed by atoms with Crippen molar-refractivity contribution < 1.29 is 14.6 Å². The zero-order valence-electron chi connectivity index (χ0n) is 17.9. The normalized spacial score (nSPS) is 25.2. The summed E-state index contributed by atoms with van der Waals surface area (Å²) in [4.78, 5) is 8.88. The van der Waals surface area contributed by atoms with Crippen LogP contribution in [0.1, 0.15) is 23.2 Å². The maximum Gasteiger partial charge on any atom is 0.162 e. The van der Waals surface area contributed by atoms with Gasteiger partial charge < -0.3 is 15.5 Å². The first-order valence-corrected chi connectivity index (χ1v) is 11.3. The Morgan fingerprint density at radius 3 is 2.41 bits per heavy atom. The molecule has 0 spiro atoms. The molecular formula is C26H28FN3O2. The molecule has 2 aliphatic carbocycles. The highest BCUT2D eigenvalue weighted by Crippen LogP contribution is 2.36. The summed E-state index contributed by atoms with van der Waals surface area (Å²) in [6.07, 6.45) is 4.24. The SMILES string of the molecule is OCC1C(O)CC(NC2Cc3ccccc3C2)C1Cc1ccnc(-c2ccccc2F)n1. The standard InChI is InChI=1S/C26H28FN3O2/c27-23-8-4-3-7-20(23)26-28-10-9-18(30-26)13-21-22(15-31)25(32)14-24(21)29-19-11-16-5-1-2-6-17(16)12-19/h1-10,19,21-22,24-25,29,31-32H,11-15H2. The highest BCUT2D eigenvalue weighted by molar-refractivity contribution is 5.55. The van der Waals surface area contributed by atoms with Gasteiger partial charge in [0.2, 0.25) is 0 Å². The molecule has 5 rings (SSSR count). The van der Waals surface area contributed by atoms with Crippen LogP contribution in [0.25, 0.3) is 11.4 Å².